The summed E-state index contributed by atoms with van der Waals surface area (Å²) in [5.41, 5.74) is 0. The standard InChI is InChI=1S/C2H6O2.Bi.3ClH/c3-1-2-4;;;;/h3-4H,1-2H2;;3*1H/q;+3;;;/p-3. The molecule has 0 heterocycles. The summed E-state index contributed by atoms with van der Waals surface area (Å²) in [6, 6.07) is 0. The van der Waals surface area contributed by atoms with Crippen molar-refractivity contribution in [3.8, 4) is 0 Å². The van der Waals surface area contributed by atoms with Crippen LogP contribution >= 0.6 is 25.5 Å². The van der Waals surface area contributed by atoms with Crippen molar-refractivity contribution in [3.05, 3.63) is 0 Å². The Balaban J connectivity index is 0. The van der Waals surface area contributed by atoms with Crippen molar-refractivity contribution < 1.29 is 10.2 Å². The number of rotatable bonds is 1. The van der Waals surface area contributed by atoms with Crippen LogP contribution in [0.3, 0.4) is 0 Å². The Hall–Kier alpha value is 1.67. The van der Waals surface area contributed by atoms with Gasteiger partial charge in [0.25, 0.3) is 0 Å². The Morgan fingerprint density at radius 2 is 1.12 bits per heavy atom. The minimum atomic E-state index is -2.18. The zero-order valence-corrected chi connectivity index (χ0v) is 9.63. The molecule has 0 aliphatic carbocycles. The van der Waals surface area contributed by atoms with Crippen molar-refractivity contribution in [1.82, 2.24) is 0 Å². The van der Waals surface area contributed by atoms with Gasteiger partial charge in [0, 0.05) is 0 Å². The number of aliphatic hydroxyl groups excluding tert-OH is 2. The van der Waals surface area contributed by atoms with Gasteiger partial charge in [-0.15, -0.1) is 0 Å². The summed E-state index contributed by atoms with van der Waals surface area (Å²) in [4.78, 5) is 0. The van der Waals surface area contributed by atoms with E-state index in [1.165, 1.54) is 0 Å². The van der Waals surface area contributed by atoms with E-state index in [0.717, 1.165) is 0 Å². The molecule has 0 amide bonds. The molecule has 0 fully saturated rings. The van der Waals surface area contributed by atoms with Crippen LogP contribution in [0.15, 0.2) is 0 Å². The van der Waals surface area contributed by atoms with E-state index in [9.17, 15) is 0 Å². The molecule has 0 radical (unpaired) electrons. The van der Waals surface area contributed by atoms with Crippen molar-refractivity contribution in [1.29, 1.82) is 0 Å². The monoisotopic (exact) mass is 376 g/mol. The summed E-state index contributed by atoms with van der Waals surface area (Å²) in [5, 5.41) is 15.2. The predicted molar refractivity (Wildman–Crippen MR) is 37.5 cm³/mol. The fourth-order valence-corrected chi connectivity index (χ4v) is 0. The molecule has 0 spiro atoms. The zero-order valence-electron chi connectivity index (χ0n) is 3.89. The van der Waals surface area contributed by atoms with Crippen LogP contribution < -0.4 is 0 Å². The second-order valence-electron chi connectivity index (χ2n) is 0.639. The van der Waals surface area contributed by atoms with Gasteiger partial charge in [0.15, 0.2) is 0 Å². The molecule has 0 saturated heterocycles. The van der Waals surface area contributed by atoms with Crippen LogP contribution in [0.25, 0.3) is 0 Å². The molecule has 2 N–H and O–H groups in total. The molecule has 0 aromatic rings. The first kappa shape index (κ1) is 12.4. The Labute approximate surface area is 66.7 Å². The molecule has 0 saturated carbocycles. The van der Waals surface area contributed by atoms with Gasteiger partial charge in [-0.1, -0.05) is 0 Å². The summed E-state index contributed by atoms with van der Waals surface area (Å²) in [6.07, 6.45) is 0. The molecule has 0 atom stereocenters. The predicted octanol–water partition coefficient (Wildman–Crippen LogP) is 0.659. The van der Waals surface area contributed by atoms with Gasteiger partial charge in [0.1, 0.15) is 0 Å². The molecule has 0 aliphatic heterocycles. The van der Waals surface area contributed by atoms with Gasteiger partial charge in [0.2, 0.25) is 0 Å². The Kier molecular flexibility index (Phi) is 17.7. The summed E-state index contributed by atoms with van der Waals surface area (Å²) in [7, 11) is 15.0. The quantitative estimate of drug-likeness (QED) is 0.660. The molecule has 52 valence electrons. The van der Waals surface area contributed by atoms with Gasteiger partial charge >= 0.3 is 43.7 Å². The van der Waals surface area contributed by atoms with Gasteiger partial charge < -0.3 is 10.2 Å². The topological polar surface area (TPSA) is 40.5 Å². The third-order valence-electron chi connectivity index (χ3n) is 0.1000. The molecule has 0 aliphatic rings. The number of halogens is 3. The van der Waals surface area contributed by atoms with Crippen LogP contribution in [-0.4, -0.2) is 41.6 Å². The van der Waals surface area contributed by atoms with Crippen LogP contribution in [-0.2, 0) is 0 Å². The van der Waals surface area contributed by atoms with Gasteiger partial charge in [-0.05, 0) is 0 Å². The van der Waals surface area contributed by atoms with Crippen LogP contribution in [0.5, 0.6) is 0 Å². The van der Waals surface area contributed by atoms with Crippen molar-refractivity contribution in [2.75, 3.05) is 13.2 Å². The molecule has 0 unspecified atom stereocenters. The average molecular weight is 377 g/mol. The molecule has 0 bridgehead atoms. The fourth-order valence-electron chi connectivity index (χ4n) is 0. The molecule has 0 aromatic heterocycles. The van der Waals surface area contributed by atoms with Crippen molar-refractivity contribution in [2.45, 2.75) is 0 Å². The Morgan fingerprint density at radius 3 is 1.12 bits per heavy atom. The summed E-state index contributed by atoms with van der Waals surface area (Å²) >= 11 is -2.18. The van der Waals surface area contributed by atoms with Crippen molar-refractivity contribution in [2.24, 2.45) is 0 Å². The first-order valence-corrected chi connectivity index (χ1v) is 14.5. The number of aliphatic hydroxyl groups is 2. The first-order chi connectivity index (χ1) is 3.65. The van der Waals surface area contributed by atoms with E-state index in [0.29, 0.717) is 0 Å². The summed E-state index contributed by atoms with van der Waals surface area (Å²) in [5.74, 6) is 0. The molecule has 0 aromatic carbocycles. The summed E-state index contributed by atoms with van der Waals surface area (Å²) < 4.78 is 0. The van der Waals surface area contributed by atoms with Crippen molar-refractivity contribution >= 4 is 43.7 Å². The van der Waals surface area contributed by atoms with Crippen LogP contribution in [0, 0.1) is 0 Å². The Morgan fingerprint density at radius 1 is 1.00 bits per heavy atom. The molecule has 0 rings (SSSR count). The third-order valence-corrected chi connectivity index (χ3v) is 0.1000. The van der Waals surface area contributed by atoms with Crippen LogP contribution in [0.1, 0.15) is 0 Å². The second-order valence-corrected chi connectivity index (χ2v) is 15.6. The molecule has 2 nitrogen and oxygen atoms in total. The molecular formula is C2H6BiCl3O2. The van der Waals surface area contributed by atoms with Crippen LogP contribution in [0.2, 0.25) is 0 Å². The molecule has 8 heavy (non-hydrogen) atoms. The van der Waals surface area contributed by atoms with Gasteiger partial charge in [0.05, 0.1) is 13.2 Å². The number of hydrogen-bond acceptors (Lipinski definition) is 2. The van der Waals surface area contributed by atoms with Crippen LogP contribution in [0.4, 0.5) is 0 Å². The SMILES string of the molecule is OCCO.[Cl][Bi]([Cl])[Cl]. The van der Waals surface area contributed by atoms with Gasteiger partial charge in [-0.3, -0.25) is 0 Å². The van der Waals surface area contributed by atoms with Gasteiger partial charge in [-0.2, -0.15) is 0 Å². The minimum absolute atomic E-state index is 0.125. The second kappa shape index (κ2) is 11.5. The normalized spacial score (nSPS) is 8.25. The van der Waals surface area contributed by atoms with Gasteiger partial charge in [-0.25, -0.2) is 0 Å². The maximum absolute atomic E-state index is 7.62. The molecular weight excluding hydrogens is 371 g/mol. The molecule has 6 heteroatoms. The van der Waals surface area contributed by atoms with E-state index in [1.807, 2.05) is 0 Å². The van der Waals surface area contributed by atoms with E-state index in [1.54, 1.807) is 0 Å². The average Bonchev–Trinajstić information content (AvgIpc) is 1.65. The third kappa shape index (κ3) is 47.8. The van der Waals surface area contributed by atoms with E-state index in [4.69, 9.17) is 35.8 Å². The van der Waals surface area contributed by atoms with E-state index in [2.05, 4.69) is 0 Å². The summed E-state index contributed by atoms with van der Waals surface area (Å²) in [6.45, 7) is -0.250. The number of hydrogen-bond donors (Lipinski definition) is 2. The fraction of sp³-hybridized carbons (Fsp3) is 1.00. The maximum atomic E-state index is 7.62. The first-order valence-electron chi connectivity index (χ1n) is 1.64. The van der Waals surface area contributed by atoms with E-state index < -0.39 is 18.2 Å². The Bertz CT molecular complexity index is 31.7. The van der Waals surface area contributed by atoms with E-state index in [-0.39, 0.29) is 13.2 Å². The van der Waals surface area contributed by atoms with Crippen molar-refractivity contribution in [3.63, 3.8) is 0 Å². The van der Waals surface area contributed by atoms with E-state index >= 15 is 0 Å². The zero-order chi connectivity index (χ0) is 6.99.